The fourth-order valence-electron chi connectivity index (χ4n) is 1.78. The Hall–Kier alpha value is -1.02. The first-order chi connectivity index (χ1) is 9.40. The lowest BCUT2D eigenvalue weighted by Gasteiger charge is -2.18. The lowest BCUT2D eigenvalue weighted by molar-refractivity contribution is 0.309. The predicted molar refractivity (Wildman–Crippen MR) is 85.3 cm³/mol. The van der Waals surface area contributed by atoms with E-state index in [4.69, 9.17) is 18.0 Å². The van der Waals surface area contributed by atoms with Gasteiger partial charge in [0.05, 0.1) is 4.90 Å². The van der Waals surface area contributed by atoms with Crippen LogP contribution in [0.1, 0.15) is 19.4 Å². The number of likely N-dealkylation sites (N-methyl/N-ethyl adjacent to an activating group) is 1. The van der Waals surface area contributed by atoms with Gasteiger partial charge in [-0.15, -0.1) is 0 Å². The maximum Gasteiger partial charge on any atom is 0.240 e. The van der Waals surface area contributed by atoms with E-state index in [-0.39, 0.29) is 9.88 Å². The second kappa shape index (κ2) is 7.68. The molecule has 0 saturated carbocycles. The number of thiocarbonyl (C=S) groups is 1. The van der Waals surface area contributed by atoms with E-state index in [1.807, 2.05) is 13.8 Å². The van der Waals surface area contributed by atoms with Gasteiger partial charge in [-0.3, -0.25) is 0 Å². The molecule has 0 unspecified atom stereocenters. The van der Waals surface area contributed by atoms with E-state index in [9.17, 15) is 8.42 Å². The third-order valence-electron chi connectivity index (χ3n) is 3.04. The van der Waals surface area contributed by atoms with Gasteiger partial charge in [0.1, 0.15) is 4.99 Å². The van der Waals surface area contributed by atoms with Crippen molar-refractivity contribution >= 4 is 27.2 Å². The highest BCUT2D eigenvalue weighted by atomic mass is 32.2. The average molecular weight is 315 g/mol. The molecule has 0 spiro atoms. The Labute approximate surface area is 126 Å². The minimum Gasteiger partial charge on any atom is -0.389 e. The summed E-state index contributed by atoms with van der Waals surface area (Å²) in [7, 11) is -3.52. The van der Waals surface area contributed by atoms with Gasteiger partial charge in [-0.1, -0.05) is 38.2 Å². The van der Waals surface area contributed by atoms with Gasteiger partial charge in [0.15, 0.2) is 0 Å². The zero-order valence-electron chi connectivity index (χ0n) is 11.8. The van der Waals surface area contributed by atoms with Gasteiger partial charge in [-0.2, -0.15) is 0 Å². The van der Waals surface area contributed by atoms with Crippen molar-refractivity contribution in [3.05, 3.63) is 29.8 Å². The van der Waals surface area contributed by atoms with Gasteiger partial charge in [-0.25, -0.2) is 13.1 Å². The van der Waals surface area contributed by atoms with Crippen LogP contribution in [0.4, 0.5) is 0 Å². The zero-order chi connectivity index (χ0) is 15.2. The number of nitrogens with one attached hydrogen (secondary N) is 1. The summed E-state index contributed by atoms with van der Waals surface area (Å²) < 4.78 is 26.9. The molecule has 0 amide bonds. The van der Waals surface area contributed by atoms with Crippen molar-refractivity contribution in [3.8, 4) is 0 Å². The van der Waals surface area contributed by atoms with Crippen LogP contribution in [0.25, 0.3) is 0 Å². The summed E-state index contributed by atoms with van der Waals surface area (Å²) in [6.45, 7) is 6.94. The second-order valence-corrected chi connectivity index (χ2v) is 6.52. The van der Waals surface area contributed by atoms with Crippen molar-refractivity contribution in [3.63, 3.8) is 0 Å². The molecule has 0 aromatic heterocycles. The highest BCUT2D eigenvalue weighted by Gasteiger charge is 2.14. The van der Waals surface area contributed by atoms with Gasteiger partial charge in [0.2, 0.25) is 10.0 Å². The number of nitrogens with zero attached hydrogens (tertiary/aromatic N) is 1. The highest BCUT2D eigenvalue weighted by Crippen LogP contribution is 2.11. The molecule has 0 atom stereocenters. The van der Waals surface area contributed by atoms with Crippen LogP contribution in [0.3, 0.4) is 0 Å². The number of rotatable bonds is 8. The quantitative estimate of drug-likeness (QED) is 0.698. The minimum absolute atomic E-state index is 0.183. The molecular weight excluding hydrogens is 294 g/mol. The average Bonchev–Trinajstić information content (AvgIpc) is 2.43. The Kier molecular flexibility index (Phi) is 6.54. The standard InChI is InChI=1S/C13H21N3O2S2/c1-3-16(4-2)9-8-15-20(17,18)12-7-5-6-11(10-12)13(14)19/h5-7,10,15H,3-4,8-9H2,1-2H3,(H2,14,19). The molecule has 7 heteroatoms. The molecule has 0 fully saturated rings. The molecule has 1 rings (SSSR count). The van der Waals surface area contributed by atoms with E-state index >= 15 is 0 Å². The molecule has 112 valence electrons. The minimum atomic E-state index is -3.52. The molecule has 0 saturated heterocycles. The van der Waals surface area contributed by atoms with E-state index in [2.05, 4.69) is 9.62 Å². The third kappa shape index (κ3) is 4.82. The van der Waals surface area contributed by atoms with Crippen molar-refractivity contribution in [2.45, 2.75) is 18.7 Å². The molecule has 20 heavy (non-hydrogen) atoms. The summed E-state index contributed by atoms with van der Waals surface area (Å²) >= 11 is 4.85. The van der Waals surface area contributed by atoms with Crippen LogP contribution in [0.2, 0.25) is 0 Å². The maximum absolute atomic E-state index is 12.2. The molecule has 0 aliphatic carbocycles. The zero-order valence-corrected chi connectivity index (χ0v) is 13.4. The lowest BCUT2D eigenvalue weighted by Crippen LogP contribution is -2.34. The van der Waals surface area contributed by atoms with Gasteiger partial charge in [-0.05, 0) is 25.2 Å². The number of nitrogens with two attached hydrogens (primary N) is 1. The highest BCUT2D eigenvalue weighted by molar-refractivity contribution is 7.89. The van der Waals surface area contributed by atoms with Crippen LogP contribution in [0, 0.1) is 0 Å². The smallest absolute Gasteiger partial charge is 0.240 e. The van der Waals surface area contributed by atoms with Crippen molar-refractivity contribution in [1.82, 2.24) is 9.62 Å². The van der Waals surface area contributed by atoms with Crippen LogP contribution in [-0.4, -0.2) is 44.5 Å². The third-order valence-corrected chi connectivity index (χ3v) is 4.74. The van der Waals surface area contributed by atoms with E-state index in [1.165, 1.54) is 12.1 Å². The van der Waals surface area contributed by atoms with E-state index < -0.39 is 10.0 Å². The fraction of sp³-hybridized carbons (Fsp3) is 0.462. The summed E-state index contributed by atoms with van der Waals surface area (Å²) in [4.78, 5) is 2.51. The molecule has 0 radical (unpaired) electrons. The molecule has 3 N–H and O–H groups in total. The Morgan fingerprint density at radius 2 is 2.00 bits per heavy atom. The summed E-state index contributed by atoms with van der Waals surface area (Å²) in [5, 5.41) is 0. The summed E-state index contributed by atoms with van der Waals surface area (Å²) in [6.07, 6.45) is 0. The Bertz CT molecular complexity index is 554. The fourth-order valence-corrected chi connectivity index (χ4v) is 2.97. The summed E-state index contributed by atoms with van der Waals surface area (Å²) in [5.41, 5.74) is 6.06. The van der Waals surface area contributed by atoms with Crippen molar-refractivity contribution in [1.29, 1.82) is 0 Å². The number of benzene rings is 1. The first-order valence-corrected chi connectivity index (χ1v) is 8.41. The molecule has 5 nitrogen and oxygen atoms in total. The van der Waals surface area contributed by atoms with E-state index in [0.29, 0.717) is 18.7 Å². The Morgan fingerprint density at radius 1 is 1.35 bits per heavy atom. The van der Waals surface area contributed by atoms with Crippen LogP contribution < -0.4 is 10.5 Å². The lowest BCUT2D eigenvalue weighted by atomic mass is 10.2. The summed E-state index contributed by atoms with van der Waals surface area (Å²) in [6, 6.07) is 6.34. The Morgan fingerprint density at radius 3 is 2.55 bits per heavy atom. The van der Waals surface area contributed by atoms with Gasteiger partial charge < -0.3 is 10.6 Å². The SMILES string of the molecule is CCN(CC)CCNS(=O)(=O)c1cccc(C(N)=S)c1. The molecule has 0 aliphatic heterocycles. The molecular formula is C13H21N3O2S2. The number of sulfonamides is 1. The Balaban J connectivity index is 2.74. The van der Waals surface area contributed by atoms with Gasteiger partial charge in [0.25, 0.3) is 0 Å². The summed E-state index contributed by atoms with van der Waals surface area (Å²) in [5.74, 6) is 0. The first kappa shape index (κ1) is 17.0. The normalized spacial score (nSPS) is 11.8. The van der Waals surface area contributed by atoms with Crippen molar-refractivity contribution in [2.75, 3.05) is 26.2 Å². The van der Waals surface area contributed by atoms with E-state index in [0.717, 1.165) is 13.1 Å². The largest absolute Gasteiger partial charge is 0.389 e. The monoisotopic (exact) mass is 315 g/mol. The van der Waals surface area contributed by atoms with Crippen LogP contribution >= 0.6 is 12.2 Å². The van der Waals surface area contributed by atoms with E-state index in [1.54, 1.807) is 12.1 Å². The number of hydrogen-bond donors (Lipinski definition) is 2. The van der Waals surface area contributed by atoms with Crippen LogP contribution in [-0.2, 0) is 10.0 Å². The second-order valence-electron chi connectivity index (χ2n) is 4.32. The first-order valence-electron chi connectivity index (χ1n) is 6.52. The molecule has 0 aliphatic rings. The van der Waals surface area contributed by atoms with Gasteiger partial charge in [0, 0.05) is 18.7 Å². The molecule has 1 aromatic rings. The molecule has 1 aromatic carbocycles. The number of hydrogen-bond acceptors (Lipinski definition) is 4. The van der Waals surface area contributed by atoms with Crippen molar-refractivity contribution in [2.24, 2.45) is 5.73 Å². The topological polar surface area (TPSA) is 75.4 Å². The molecule has 0 bridgehead atoms. The maximum atomic E-state index is 12.2. The van der Waals surface area contributed by atoms with Crippen LogP contribution in [0.5, 0.6) is 0 Å². The van der Waals surface area contributed by atoms with Gasteiger partial charge >= 0.3 is 0 Å². The van der Waals surface area contributed by atoms with Crippen LogP contribution in [0.15, 0.2) is 29.2 Å². The molecule has 0 heterocycles. The predicted octanol–water partition coefficient (Wildman–Crippen LogP) is 0.941. The van der Waals surface area contributed by atoms with Crippen molar-refractivity contribution < 1.29 is 8.42 Å².